The number of carbonyl (C=O) groups is 1. The van der Waals surface area contributed by atoms with Crippen LogP contribution >= 0.6 is 0 Å². The van der Waals surface area contributed by atoms with Gasteiger partial charge in [-0.3, -0.25) is 14.8 Å². The molecule has 1 aliphatic heterocycles. The zero-order valence-electron chi connectivity index (χ0n) is 12.9. The molecule has 1 aliphatic carbocycles. The molecule has 2 N–H and O–H groups in total. The van der Waals surface area contributed by atoms with Gasteiger partial charge in [-0.1, -0.05) is 26.7 Å². The normalized spacial score (nSPS) is 29.8. The first-order valence-corrected chi connectivity index (χ1v) is 8.04. The van der Waals surface area contributed by atoms with E-state index in [0.717, 1.165) is 56.6 Å². The summed E-state index contributed by atoms with van der Waals surface area (Å²) in [5.41, 5.74) is 1.68. The molecule has 1 aromatic rings. The fourth-order valence-electron chi connectivity index (χ4n) is 4.06. The number of nitrogens with zero attached hydrogens (tertiary/aromatic N) is 2. The summed E-state index contributed by atoms with van der Waals surface area (Å²) in [6.45, 7) is 5.94. The molecule has 5 nitrogen and oxygen atoms in total. The van der Waals surface area contributed by atoms with E-state index in [4.69, 9.17) is 0 Å². The highest BCUT2D eigenvalue weighted by molar-refractivity contribution is 5.76. The Morgan fingerprint density at radius 3 is 3.00 bits per heavy atom. The average Bonchev–Trinajstić information content (AvgIpc) is 3.06. The molecular weight excluding hydrogens is 266 g/mol. The topological polar surface area (TPSA) is 69.2 Å². The van der Waals surface area contributed by atoms with Gasteiger partial charge in [-0.2, -0.15) is 5.10 Å². The zero-order valence-corrected chi connectivity index (χ0v) is 12.9. The van der Waals surface area contributed by atoms with Crippen molar-refractivity contribution in [2.24, 2.45) is 5.41 Å². The number of carboxylic acids is 1. The lowest BCUT2D eigenvalue weighted by Crippen LogP contribution is -2.46. The molecular formula is C16H25N3O2. The molecule has 0 radical (unpaired) electrons. The first kappa shape index (κ1) is 14.6. The minimum absolute atomic E-state index is 0.189. The summed E-state index contributed by atoms with van der Waals surface area (Å²) in [7, 11) is 0. The fourth-order valence-corrected chi connectivity index (χ4v) is 4.06. The van der Waals surface area contributed by atoms with Gasteiger partial charge in [0.15, 0.2) is 0 Å². The van der Waals surface area contributed by atoms with Gasteiger partial charge in [0.05, 0.1) is 11.1 Å². The lowest BCUT2D eigenvalue weighted by Gasteiger charge is -2.38. The van der Waals surface area contributed by atoms with E-state index in [2.05, 4.69) is 35.0 Å². The molecule has 2 heterocycles. The summed E-state index contributed by atoms with van der Waals surface area (Å²) in [6.07, 6.45) is 4.84. The number of rotatable bonds is 4. The van der Waals surface area contributed by atoms with Crippen LogP contribution in [0.2, 0.25) is 0 Å². The minimum Gasteiger partial charge on any atom is -0.481 e. The molecule has 3 rings (SSSR count). The van der Waals surface area contributed by atoms with Crippen LogP contribution < -0.4 is 0 Å². The van der Waals surface area contributed by atoms with E-state index in [0.29, 0.717) is 5.92 Å². The first-order valence-electron chi connectivity index (χ1n) is 8.04. The molecule has 21 heavy (non-hydrogen) atoms. The van der Waals surface area contributed by atoms with Gasteiger partial charge in [-0.25, -0.2) is 0 Å². The lowest BCUT2D eigenvalue weighted by atomic mass is 9.70. The number of likely N-dealkylation sites (tertiary alicyclic amines) is 1. The van der Waals surface area contributed by atoms with Crippen LogP contribution in [0.25, 0.3) is 0 Å². The van der Waals surface area contributed by atoms with Gasteiger partial charge in [0, 0.05) is 24.8 Å². The number of H-pyrrole nitrogens is 1. The Bertz CT molecular complexity index is 525. The van der Waals surface area contributed by atoms with E-state index in [9.17, 15) is 9.90 Å². The summed E-state index contributed by atoms with van der Waals surface area (Å²) < 4.78 is 0. The molecule has 0 bridgehead atoms. The van der Waals surface area contributed by atoms with E-state index >= 15 is 0 Å². The number of carboxylic acid groups (broad SMARTS) is 1. The second kappa shape index (κ2) is 5.44. The van der Waals surface area contributed by atoms with Crippen molar-refractivity contribution in [3.05, 3.63) is 17.5 Å². The SMILES string of the molecule is CC(C)c1cc(CN2CC[C@]3(C(=O)O)CCCC[C@H]23)[nH]n1. The molecule has 0 aromatic carbocycles. The summed E-state index contributed by atoms with van der Waals surface area (Å²) in [6, 6.07) is 2.31. The van der Waals surface area contributed by atoms with Gasteiger partial charge >= 0.3 is 5.97 Å². The van der Waals surface area contributed by atoms with Crippen molar-refractivity contribution in [3.63, 3.8) is 0 Å². The second-order valence-electron chi connectivity index (χ2n) is 6.92. The number of aromatic nitrogens is 2. The average molecular weight is 291 g/mol. The van der Waals surface area contributed by atoms with Crippen LogP contribution in [-0.2, 0) is 11.3 Å². The van der Waals surface area contributed by atoms with E-state index in [1.807, 2.05) is 0 Å². The third kappa shape index (κ3) is 2.48. The van der Waals surface area contributed by atoms with Crippen molar-refractivity contribution < 1.29 is 9.90 Å². The quantitative estimate of drug-likeness (QED) is 0.895. The van der Waals surface area contributed by atoms with Gasteiger partial charge in [0.1, 0.15) is 0 Å². The maximum Gasteiger partial charge on any atom is 0.311 e. The van der Waals surface area contributed by atoms with Crippen molar-refractivity contribution in [1.82, 2.24) is 15.1 Å². The number of fused-ring (bicyclic) bond motifs is 1. The van der Waals surface area contributed by atoms with Crippen LogP contribution in [-0.4, -0.2) is 38.8 Å². The molecule has 116 valence electrons. The molecule has 2 aliphatic rings. The number of hydrogen-bond donors (Lipinski definition) is 2. The van der Waals surface area contributed by atoms with Gasteiger partial charge < -0.3 is 5.11 Å². The predicted molar refractivity (Wildman–Crippen MR) is 80.0 cm³/mol. The van der Waals surface area contributed by atoms with E-state index in [1.165, 1.54) is 0 Å². The second-order valence-corrected chi connectivity index (χ2v) is 6.92. The van der Waals surface area contributed by atoms with Crippen molar-refractivity contribution in [2.75, 3.05) is 6.54 Å². The number of aromatic amines is 1. The molecule has 1 saturated carbocycles. The molecule has 0 amide bonds. The Morgan fingerprint density at radius 2 is 2.33 bits per heavy atom. The van der Waals surface area contributed by atoms with Crippen molar-refractivity contribution >= 4 is 5.97 Å². The van der Waals surface area contributed by atoms with E-state index in [-0.39, 0.29) is 6.04 Å². The van der Waals surface area contributed by atoms with Crippen LogP contribution in [0.5, 0.6) is 0 Å². The molecule has 1 aromatic heterocycles. The molecule has 2 fully saturated rings. The molecule has 1 saturated heterocycles. The lowest BCUT2D eigenvalue weighted by molar-refractivity contribution is -0.152. The Labute approximate surface area is 125 Å². The van der Waals surface area contributed by atoms with E-state index in [1.54, 1.807) is 0 Å². The largest absolute Gasteiger partial charge is 0.481 e. The fraction of sp³-hybridized carbons (Fsp3) is 0.750. The third-order valence-electron chi connectivity index (χ3n) is 5.32. The number of aliphatic carboxylic acids is 1. The Kier molecular flexibility index (Phi) is 3.78. The maximum absolute atomic E-state index is 11.8. The van der Waals surface area contributed by atoms with Gasteiger partial charge in [0.2, 0.25) is 0 Å². The summed E-state index contributed by atoms with van der Waals surface area (Å²) in [5.74, 6) is -0.177. The summed E-state index contributed by atoms with van der Waals surface area (Å²) in [4.78, 5) is 14.2. The Balaban J connectivity index is 1.75. The molecule has 0 unspecified atom stereocenters. The van der Waals surface area contributed by atoms with Gasteiger partial charge in [-0.05, 0) is 31.2 Å². The van der Waals surface area contributed by atoms with Crippen molar-refractivity contribution in [1.29, 1.82) is 0 Å². The van der Waals surface area contributed by atoms with Crippen molar-refractivity contribution in [3.8, 4) is 0 Å². The van der Waals surface area contributed by atoms with Crippen LogP contribution in [0.3, 0.4) is 0 Å². The highest BCUT2D eigenvalue weighted by Gasteiger charge is 2.53. The van der Waals surface area contributed by atoms with Crippen molar-refractivity contribution in [2.45, 2.75) is 64.5 Å². The zero-order chi connectivity index (χ0) is 15.0. The highest BCUT2D eigenvalue weighted by atomic mass is 16.4. The maximum atomic E-state index is 11.8. The molecule has 2 atom stereocenters. The molecule has 0 spiro atoms. The Morgan fingerprint density at radius 1 is 1.52 bits per heavy atom. The highest BCUT2D eigenvalue weighted by Crippen LogP contribution is 2.47. The summed E-state index contributed by atoms with van der Waals surface area (Å²) in [5, 5.41) is 17.2. The smallest absolute Gasteiger partial charge is 0.311 e. The van der Waals surface area contributed by atoms with Gasteiger partial charge in [0.25, 0.3) is 0 Å². The standard InChI is InChI=1S/C16H25N3O2/c1-11(2)13-9-12(17-18-13)10-19-8-7-16(15(20)21)6-4-3-5-14(16)19/h9,11,14H,3-8,10H2,1-2H3,(H,17,18)(H,20,21)/t14-,16+/m0/s1. The van der Waals surface area contributed by atoms with Crippen LogP contribution in [0.15, 0.2) is 6.07 Å². The molecule has 5 heteroatoms. The Hall–Kier alpha value is -1.36. The van der Waals surface area contributed by atoms with Crippen LogP contribution in [0.4, 0.5) is 0 Å². The van der Waals surface area contributed by atoms with Gasteiger partial charge in [-0.15, -0.1) is 0 Å². The first-order chi connectivity index (χ1) is 10.0. The number of nitrogens with one attached hydrogen (secondary N) is 1. The third-order valence-corrected chi connectivity index (χ3v) is 5.32. The van der Waals surface area contributed by atoms with Crippen LogP contribution in [0, 0.1) is 5.41 Å². The minimum atomic E-state index is -0.595. The monoisotopic (exact) mass is 291 g/mol. The predicted octanol–water partition coefficient (Wildman–Crippen LogP) is 2.75. The van der Waals surface area contributed by atoms with Crippen LogP contribution in [0.1, 0.15) is 63.3 Å². The number of hydrogen-bond acceptors (Lipinski definition) is 3. The summed E-state index contributed by atoms with van der Waals surface area (Å²) >= 11 is 0. The van der Waals surface area contributed by atoms with E-state index < -0.39 is 11.4 Å².